The van der Waals surface area contributed by atoms with E-state index in [0.29, 0.717) is 5.56 Å². The Hall–Kier alpha value is -6.58. The minimum atomic E-state index is -2.42. The summed E-state index contributed by atoms with van der Waals surface area (Å²) in [6, 6.07) is 61.1. The van der Waals surface area contributed by atoms with Crippen LogP contribution in [0.5, 0.6) is 0 Å². The number of anilines is 6. The summed E-state index contributed by atoms with van der Waals surface area (Å²) in [5.74, 6) is 0. The second kappa shape index (κ2) is 17.0. The zero-order valence-corrected chi connectivity index (χ0v) is 46.9. The molecular weight excluding hydrogens is 904 g/mol. The Labute approximate surface area is 454 Å². The summed E-state index contributed by atoms with van der Waals surface area (Å²) in [6.07, 6.45) is 4.39. The summed E-state index contributed by atoms with van der Waals surface area (Å²) in [5.41, 5.74) is 23.1. The molecular formula is C72H77BN2. The van der Waals surface area contributed by atoms with Crippen LogP contribution in [0.4, 0.5) is 34.1 Å². The van der Waals surface area contributed by atoms with Crippen LogP contribution in [0.25, 0.3) is 22.3 Å². The van der Waals surface area contributed by atoms with Crippen molar-refractivity contribution < 1.29 is 4.11 Å². The van der Waals surface area contributed by atoms with Crippen molar-refractivity contribution in [3.05, 3.63) is 208 Å². The lowest BCUT2D eigenvalue weighted by Gasteiger charge is -2.48. The Morgan fingerprint density at radius 2 is 0.947 bits per heavy atom. The molecule has 378 valence electrons. The van der Waals surface area contributed by atoms with E-state index in [1.54, 1.807) is 0 Å². The smallest absolute Gasteiger partial charge is 0.252 e. The molecule has 2 heterocycles. The summed E-state index contributed by atoms with van der Waals surface area (Å²) in [5, 5.41) is 0. The molecule has 0 bridgehead atoms. The average Bonchev–Trinajstić information content (AvgIpc) is 1.92. The number of hydrogen-bond acceptors (Lipinski definition) is 2. The third-order valence-electron chi connectivity index (χ3n) is 18.7. The molecule has 2 nitrogen and oxygen atoms in total. The van der Waals surface area contributed by atoms with Crippen molar-refractivity contribution in [2.75, 3.05) is 9.80 Å². The van der Waals surface area contributed by atoms with Crippen molar-refractivity contribution in [3.63, 3.8) is 0 Å². The molecule has 12 rings (SSSR count). The maximum absolute atomic E-state index is 9.40. The Morgan fingerprint density at radius 1 is 0.427 bits per heavy atom. The highest BCUT2D eigenvalue weighted by Crippen LogP contribution is 2.54. The molecule has 4 aliphatic rings. The molecule has 0 saturated carbocycles. The summed E-state index contributed by atoms with van der Waals surface area (Å²) in [6.45, 7) is 28.3. The molecule has 0 aromatic heterocycles. The van der Waals surface area contributed by atoms with Gasteiger partial charge in [-0.15, -0.1) is 0 Å². The second-order valence-corrected chi connectivity index (χ2v) is 26.9. The van der Waals surface area contributed by atoms with Crippen LogP contribution in [0.15, 0.2) is 164 Å². The van der Waals surface area contributed by atoms with Crippen molar-refractivity contribution >= 4 is 57.2 Å². The summed E-state index contributed by atoms with van der Waals surface area (Å²) in [4.78, 5) is 4.96. The van der Waals surface area contributed by atoms with E-state index in [2.05, 4.69) is 251 Å². The third kappa shape index (κ3) is 7.88. The van der Waals surface area contributed by atoms with E-state index in [9.17, 15) is 4.11 Å². The standard InChI is InChI=1S/C72H77BN2/c1-46-38-64-66-65(39-46)75(62-43-52(47-24-18-15-19-25-47)55(67(2,3)4)42-53(62)48-26-20-16-21-27-48)61-33-30-50(72(13,14)49-28-22-17-23-29-49)40-59(61)73(66)60-44-57-58(71(11,12)37-36-70(57,9)10)45-63(60)74(64)51-31-32-54-56(41-51)69(7,8)35-34-68(54,5)6/h15-33,38-45H,34-37H2,1-14H3/i1D3. The van der Waals surface area contributed by atoms with Crippen LogP contribution in [0.1, 0.15) is 164 Å². The molecule has 75 heavy (non-hydrogen) atoms. The Bertz CT molecular complexity index is 3690. The van der Waals surface area contributed by atoms with Crippen LogP contribution < -0.4 is 26.2 Å². The van der Waals surface area contributed by atoms with E-state index in [4.69, 9.17) is 0 Å². The van der Waals surface area contributed by atoms with Gasteiger partial charge in [0.05, 0.1) is 5.69 Å². The molecule has 8 aromatic rings. The van der Waals surface area contributed by atoms with Crippen molar-refractivity contribution in [2.24, 2.45) is 0 Å². The number of benzene rings is 8. The first-order chi connectivity index (χ1) is 36.7. The Kier molecular flexibility index (Phi) is 10.4. The first kappa shape index (κ1) is 45.8. The average molecular weight is 984 g/mol. The quantitative estimate of drug-likeness (QED) is 0.153. The summed E-state index contributed by atoms with van der Waals surface area (Å²) < 4.78 is 28.2. The maximum atomic E-state index is 9.40. The molecule has 0 unspecified atom stereocenters. The lowest BCUT2D eigenvalue weighted by Crippen LogP contribution is -2.62. The van der Waals surface area contributed by atoms with Gasteiger partial charge >= 0.3 is 0 Å². The van der Waals surface area contributed by atoms with Gasteiger partial charge in [-0.3, -0.25) is 0 Å². The minimum Gasteiger partial charge on any atom is -0.311 e. The minimum absolute atomic E-state index is 0.0242. The number of aryl methyl sites for hydroxylation is 1. The van der Waals surface area contributed by atoms with Crippen molar-refractivity contribution in [1.29, 1.82) is 0 Å². The van der Waals surface area contributed by atoms with Crippen LogP contribution in [-0.2, 0) is 32.5 Å². The number of nitrogens with zero attached hydrogens (tertiary/aromatic N) is 2. The van der Waals surface area contributed by atoms with Crippen molar-refractivity contribution in [1.82, 2.24) is 0 Å². The molecule has 0 saturated heterocycles. The SMILES string of the molecule is [2H]C([2H])([2H])c1cc2c3c(c1)N(c1cc(-c4ccccc4)c(C(C)(C)C)cc1-c1ccccc1)c1ccc(C(C)(C)c4ccccc4)cc1B3c1cc3c(cc1N2c1ccc2c(c1)C(C)(C)CCC2(C)C)C(C)(C)CCC3(C)C. The predicted molar refractivity (Wildman–Crippen MR) is 324 cm³/mol. The van der Waals surface area contributed by atoms with Gasteiger partial charge in [0.15, 0.2) is 0 Å². The van der Waals surface area contributed by atoms with Crippen LogP contribution in [-0.4, -0.2) is 6.71 Å². The number of rotatable bonds is 6. The molecule has 0 N–H and O–H groups in total. The first-order valence-electron chi connectivity index (χ1n) is 29.3. The highest BCUT2D eigenvalue weighted by Gasteiger charge is 2.48. The third-order valence-corrected chi connectivity index (χ3v) is 18.7. The Morgan fingerprint density at radius 3 is 1.53 bits per heavy atom. The fraction of sp³-hybridized carbons (Fsp3) is 0.333. The zero-order valence-electron chi connectivity index (χ0n) is 49.9. The van der Waals surface area contributed by atoms with Gasteiger partial charge in [-0.1, -0.05) is 205 Å². The topological polar surface area (TPSA) is 6.48 Å². The highest BCUT2D eigenvalue weighted by molar-refractivity contribution is 7.00. The lowest BCUT2D eigenvalue weighted by molar-refractivity contribution is 0.332. The normalized spacial score (nSPS) is 18.4. The van der Waals surface area contributed by atoms with Gasteiger partial charge in [0.1, 0.15) is 0 Å². The molecule has 2 aliphatic heterocycles. The molecule has 2 aliphatic carbocycles. The largest absolute Gasteiger partial charge is 0.311 e. The van der Waals surface area contributed by atoms with E-state index in [-0.39, 0.29) is 39.2 Å². The highest BCUT2D eigenvalue weighted by atomic mass is 15.2. The summed E-state index contributed by atoms with van der Waals surface area (Å²) in [7, 11) is 0. The summed E-state index contributed by atoms with van der Waals surface area (Å²) >= 11 is 0. The van der Waals surface area contributed by atoms with Gasteiger partial charge in [0.2, 0.25) is 0 Å². The van der Waals surface area contributed by atoms with Gasteiger partial charge in [-0.25, -0.2) is 0 Å². The van der Waals surface area contributed by atoms with E-state index in [0.717, 1.165) is 87.5 Å². The fourth-order valence-electron chi connectivity index (χ4n) is 13.8. The van der Waals surface area contributed by atoms with Gasteiger partial charge in [-0.2, -0.15) is 0 Å². The van der Waals surface area contributed by atoms with Crippen LogP contribution >= 0.6 is 0 Å². The molecule has 0 fully saturated rings. The van der Waals surface area contributed by atoms with E-state index in [1.165, 1.54) is 49.9 Å². The monoisotopic (exact) mass is 984 g/mol. The van der Waals surface area contributed by atoms with E-state index in [1.807, 2.05) is 12.1 Å². The van der Waals surface area contributed by atoms with Gasteiger partial charge in [-0.05, 0) is 186 Å². The molecule has 0 radical (unpaired) electrons. The number of fused-ring (bicyclic) bond motifs is 6. The molecule has 0 amide bonds. The van der Waals surface area contributed by atoms with Crippen molar-refractivity contribution in [2.45, 2.75) is 155 Å². The molecule has 0 spiro atoms. The fourth-order valence-corrected chi connectivity index (χ4v) is 13.8. The maximum Gasteiger partial charge on any atom is 0.252 e. The van der Waals surface area contributed by atoms with E-state index >= 15 is 0 Å². The van der Waals surface area contributed by atoms with Crippen LogP contribution in [0, 0.1) is 6.85 Å². The van der Waals surface area contributed by atoms with Crippen LogP contribution in [0.3, 0.4) is 0 Å². The number of hydrogen-bond donors (Lipinski definition) is 0. The predicted octanol–water partition coefficient (Wildman–Crippen LogP) is 17.7. The molecule has 8 aromatic carbocycles. The van der Waals surface area contributed by atoms with Crippen molar-refractivity contribution in [3.8, 4) is 22.3 Å². The molecule has 3 heteroatoms. The van der Waals surface area contributed by atoms with Gasteiger partial charge in [0.25, 0.3) is 6.71 Å². The molecule has 0 atom stereocenters. The zero-order chi connectivity index (χ0) is 55.3. The second-order valence-electron chi connectivity index (χ2n) is 26.9. The van der Waals surface area contributed by atoms with Gasteiger partial charge in [0, 0.05) is 43.5 Å². The Balaban J connectivity index is 1.26. The van der Waals surface area contributed by atoms with E-state index < -0.39 is 6.85 Å². The lowest BCUT2D eigenvalue weighted by atomic mass is 9.33. The van der Waals surface area contributed by atoms with Gasteiger partial charge < -0.3 is 9.80 Å². The van der Waals surface area contributed by atoms with Crippen LogP contribution in [0.2, 0.25) is 0 Å². The first-order valence-corrected chi connectivity index (χ1v) is 27.8.